The number of benzene rings is 4. The Morgan fingerprint density at radius 2 is 1.33 bits per heavy atom. The van der Waals surface area contributed by atoms with Gasteiger partial charge in [0.2, 0.25) is 0 Å². The molecule has 0 fully saturated rings. The molecule has 0 aliphatic carbocycles. The number of phenols is 1. The molecular formula is C26H23Cl2FNOPTi. The van der Waals surface area contributed by atoms with Gasteiger partial charge in [0.1, 0.15) is 11.6 Å². The van der Waals surface area contributed by atoms with Crippen LogP contribution in [0.1, 0.15) is 0 Å². The number of hydrogen-bond acceptors (Lipinski definition) is 2. The van der Waals surface area contributed by atoms with Gasteiger partial charge in [-0.25, -0.2) is 4.39 Å². The molecule has 0 amide bonds. The number of rotatable bonds is 5. The van der Waals surface area contributed by atoms with Crippen LogP contribution in [0.2, 0.25) is 0 Å². The Kier molecular flexibility index (Phi) is 9.80. The molecule has 2 nitrogen and oxygen atoms in total. The first-order valence-electron chi connectivity index (χ1n) is 10.1. The molecule has 7 heteroatoms. The summed E-state index contributed by atoms with van der Waals surface area (Å²) in [7, 11) is 13.8. The number of halogens is 3. The summed E-state index contributed by atoms with van der Waals surface area (Å²) >= 11 is -0.556. The standard InChI is InChI=1S/C26H23FNOP.2ClH.Ti/c1-28(2)23-17-21(27)13-14-24(23)30-25-16-20(18-9-5-3-6-10-18)15-22(26(25)29)19-11-7-4-8-12-19;;;/h3-17,29-30H,1-2H3;2*1H;/q;;;+2/p-2. The van der Waals surface area contributed by atoms with Gasteiger partial charge in [0.05, 0.1) is 0 Å². The predicted molar refractivity (Wildman–Crippen MR) is 139 cm³/mol. The van der Waals surface area contributed by atoms with Crippen molar-refractivity contribution in [2.45, 2.75) is 0 Å². The number of nitrogens with zero attached hydrogens (tertiary/aromatic N) is 1. The summed E-state index contributed by atoms with van der Waals surface area (Å²) in [6, 6.07) is 28.9. The number of anilines is 1. The molecular weight excluding hydrogens is 511 g/mol. The van der Waals surface area contributed by atoms with Crippen molar-refractivity contribution < 1.29 is 26.5 Å². The molecule has 0 aliphatic heterocycles. The van der Waals surface area contributed by atoms with E-state index in [1.807, 2.05) is 79.7 Å². The molecule has 33 heavy (non-hydrogen) atoms. The van der Waals surface area contributed by atoms with Gasteiger partial charge >= 0.3 is 35.6 Å². The average molecular weight is 534 g/mol. The fourth-order valence-electron chi connectivity index (χ4n) is 3.49. The maximum absolute atomic E-state index is 13.8. The van der Waals surface area contributed by atoms with E-state index in [0.29, 0.717) is 0 Å². The van der Waals surface area contributed by atoms with Gasteiger partial charge in [-0.3, -0.25) is 0 Å². The molecule has 168 valence electrons. The Bertz CT molecular complexity index is 1190. The van der Waals surface area contributed by atoms with Crippen molar-refractivity contribution in [2.24, 2.45) is 0 Å². The number of phenolic OH excluding ortho intramolecular Hbond substituents is 1. The van der Waals surface area contributed by atoms with Gasteiger partial charge in [-0.15, -0.1) is 0 Å². The van der Waals surface area contributed by atoms with Gasteiger partial charge in [-0.05, 0) is 47.0 Å². The molecule has 4 rings (SSSR count). The van der Waals surface area contributed by atoms with E-state index in [4.69, 9.17) is 18.6 Å². The molecule has 0 aromatic heterocycles. The molecule has 4 aromatic carbocycles. The van der Waals surface area contributed by atoms with Gasteiger partial charge in [0, 0.05) is 36.0 Å². The van der Waals surface area contributed by atoms with Crippen molar-refractivity contribution in [1.82, 2.24) is 0 Å². The summed E-state index contributed by atoms with van der Waals surface area (Å²) in [4.78, 5) is 1.90. The van der Waals surface area contributed by atoms with E-state index in [9.17, 15) is 9.50 Å². The van der Waals surface area contributed by atoms with Gasteiger partial charge in [-0.2, -0.15) is 0 Å². The van der Waals surface area contributed by atoms with Crippen LogP contribution in [0, 0.1) is 5.82 Å². The summed E-state index contributed by atoms with van der Waals surface area (Å²) in [6.07, 6.45) is 0. The zero-order chi connectivity index (χ0) is 23.8. The first-order valence-corrected chi connectivity index (χ1v) is 15.4. The molecule has 0 bridgehead atoms. The second-order valence-electron chi connectivity index (χ2n) is 7.40. The van der Waals surface area contributed by atoms with Crippen LogP contribution in [0.5, 0.6) is 5.75 Å². The summed E-state index contributed by atoms with van der Waals surface area (Å²) in [5.41, 5.74) is 4.72. The Labute approximate surface area is 212 Å². The van der Waals surface area contributed by atoms with Gasteiger partial charge in [0.15, 0.2) is 0 Å². The Morgan fingerprint density at radius 3 is 1.91 bits per heavy atom. The molecule has 1 atom stereocenters. The zero-order valence-electron chi connectivity index (χ0n) is 18.2. The number of hydrogen-bond donors (Lipinski definition) is 1. The van der Waals surface area contributed by atoms with E-state index in [1.54, 1.807) is 12.1 Å². The van der Waals surface area contributed by atoms with Crippen LogP contribution in [0.3, 0.4) is 0 Å². The molecule has 0 spiro atoms. The first kappa shape index (κ1) is 25.8. The molecule has 0 heterocycles. The minimum atomic E-state index is -0.556. The Morgan fingerprint density at radius 1 is 0.758 bits per heavy atom. The molecule has 0 saturated heterocycles. The monoisotopic (exact) mass is 533 g/mol. The van der Waals surface area contributed by atoms with Gasteiger partial charge in [0.25, 0.3) is 0 Å². The van der Waals surface area contributed by atoms with Crippen LogP contribution in [-0.2, 0) is 17.0 Å². The van der Waals surface area contributed by atoms with Crippen molar-refractivity contribution in [3.05, 3.63) is 96.8 Å². The third-order valence-corrected chi connectivity index (χ3v) is 6.36. The van der Waals surface area contributed by atoms with Crippen LogP contribution < -0.4 is 15.5 Å². The molecule has 1 unspecified atom stereocenters. The van der Waals surface area contributed by atoms with E-state index in [1.165, 1.54) is 6.07 Å². The first-order chi connectivity index (χ1) is 15.9. The molecule has 0 saturated carbocycles. The summed E-state index contributed by atoms with van der Waals surface area (Å²) in [5, 5.41) is 13.0. The normalized spacial score (nSPS) is 10.6. The molecule has 1 N–H and O–H groups in total. The topological polar surface area (TPSA) is 23.5 Å². The van der Waals surface area contributed by atoms with E-state index < -0.39 is 17.0 Å². The van der Waals surface area contributed by atoms with Crippen LogP contribution in [0.15, 0.2) is 91.0 Å². The van der Waals surface area contributed by atoms with Gasteiger partial charge < -0.3 is 10.0 Å². The zero-order valence-corrected chi connectivity index (χ0v) is 22.3. The Hall–Kier alpha value is -1.87. The van der Waals surface area contributed by atoms with E-state index in [0.717, 1.165) is 38.6 Å². The van der Waals surface area contributed by atoms with E-state index in [2.05, 4.69) is 12.1 Å². The minimum absolute atomic E-state index is 0.188. The van der Waals surface area contributed by atoms with Crippen molar-refractivity contribution in [2.75, 3.05) is 19.0 Å². The van der Waals surface area contributed by atoms with Crippen LogP contribution in [0.25, 0.3) is 22.3 Å². The van der Waals surface area contributed by atoms with Gasteiger partial charge in [-0.1, -0.05) is 69.2 Å². The second-order valence-corrected chi connectivity index (χ2v) is 11.3. The summed E-state index contributed by atoms with van der Waals surface area (Å²) in [6.45, 7) is 0. The van der Waals surface area contributed by atoms with Crippen molar-refractivity contribution in [3.8, 4) is 28.0 Å². The molecule has 0 aliphatic rings. The molecule has 0 radical (unpaired) electrons. The van der Waals surface area contributed by atoms with Crippen LogP contribution >= 0.6 is 27.2 Å². The SMILES string of the molecule is CN(C)c1cc(F)ccc1Pc1cc(-c2ccccc2)cc(-c2ccccc2)c1O.[Cl][Ti][Cl]. The number of aromatic hydroxyl groups is 1. The summed E-state index contributed by atoms with van der Waals surface area (Å²) < 4.78 is 13.8. The third-order valence-electron chi connectivity index (χ3n) is 5.01. The maximum atomic E-state index is 13.8. The Balaban J connectivity index is 0.000000968. The fraction of sp³-hybridized carbons (Fsp3) is 0.0769. The van der Waals surface area contributed by atoms with Crippen LogP contribution in [-0.4, -0.2) is 19.2 Å². The molecule has 4 aromatic rings. The van der Waals surface area contributed by atoms with Crippen LogP contribution in [0.4, 0.5) is 10.1 Å². The average Bonchev–Trinajstić information content (AvgIpc) is 2.83. The second kappa shape index (κ2) is 12.6. The van der Waals surface area contributed by atoms with E-state index in [-0.39, 0.29) is 20.1 Å². The quantitative estimate of drug-likeness (QED) is 0.222. The van der Waals surface area contributed by atoms with E-state index >= 15 is 0 Å². The van der Waals surface area contributed by atoms with Crippen molar-refractivity contribution in [3.63, 3.8) is 0 Å². The fourth-order valence-corrected chi connectivity index (χ4v) is 4.85. The third kappa shape index (κ3) is 6.82. The van der Waals surface area contributed by atoms with Crippen molar-refractivity contribution in [1.29, 1.82) is 0 Å². The van der Waals surface area contributed by atoms with Crippen molar-refractivity contribution >= 4 is 43.5 Å². The summed E-state index contributed by atoms with van der Waals surface area (Å²) in [5.74, 6) is 0.00716. The predicted octanol–water partition coefficient (Wildman–Crippen LogP) is 6.94.